The second-order valence-electron chi connectivity index (χ2n) is 3.89. The molecular formula is C14H12N2OS. The molecule has 18 heavy (non-hydrogen) atoms. The fourth-order valence-corrected chi connectivity index (χ4v) is 2.68. The average Bonchev–Trinajstić information content (AvgIpc) is 2.80. The van der Waals surface area contributed by atoms with Crippen LogP contribution >= 0.6 is 11.3 Å². The van der Waals surface area contributed by atoms with Crippen LogP contribution in [-0.4, -0.2) is 15.1 Å². The van der Waals surface area contributed by atoms with Crippen LogP contribution in [-0.2, 0) is 6.42 Å². The van der Waals surface area contributed by atoms with Gasteiger partial charge >= 0.3 is 0 Å². The molecule has 4 heteroatoms. The first kappa shape index (κ1) is 8.21. The van der Waals surface area contributed by atoms with Crippen LogP contribution in [0.3, 0.4) is 0 Å². The molecule has 0 spiro atoms. The molecule has 3 aromatic rings. The lowest BCUT2D eigenvalue weighted by molar-refractivity contribution is 0.476. The van der Waals surface area contributed by atoms with Crippen LogP contribution in [0.1, 0.15) is 16.7 Å². The van der Waals surface area contributed by atoms with E-state index in [0.29, 0.717) is 5.69 Å². The Hall–Kier alpha value is -1.94. The molecule has 0 saturated heterocycles. The first-order valence-corrected chi connectivity index (χ1v) is 6.27. The summed E-state index contributed by atoms with van der Waals surface area (Å²) in [4.78, 5) is 8.67. The van der Waals surface area contributed by atoms with Crippen molar-refractivity contribution >= 4 is 21.6 Å². The minimum absolute atomic E-state index is 0.0407. The molecule has 2 heterocycles. The highest BCUT2D eigenvalue weighted by molar-refractivity contribution is 7.21. The SMILES string of the molecule is [3H]C([3H])([3H])Cc1ccc(-c2nc3ccc(O)cc3s2)cn1. The van der Waals surface area contributed by atoms with Crippen LogP contribution in [0.25, 0.3) is 20.8 Å². The molecule has 0 atom stereocenters. The molecule has 0 aliphatic heterocycles. The predicted octanol–water partition coefficient (Wildman–Crippen LogP) is 3.63. The second-order valence-corrected chi connectivity index (χ2v) is 4.92. The summed E-state index contributed by atoms with van der Waals surface area (Å²) in [5.74, 6) is 0.212. The van der Waals surface area contributed by atoms with E-state index in [1.54, 1.807) is 30.5 Å². The summed E-state index contributed by atoms with van der Waals surface area (Å²) < 4.78 is 22.6. The number of phenolic OH excluding ortho intramolecular Hbond substituents is 1. The van der Waals surface area contributed by atoms with E-state index >= 15 is 0 Å². The van der Waals surface area contributed by atoms with Gasteiger partial charge in [-0.2, -0.15) is 0 Å². The zero-order chi connectivity index (χ0) is 15.0. The summed E-state index contributed by atoms with van der Waals surface area (Å²) in [5.41, 5.74) is 2.20. The number of phenols is 1. The lowest BCUT2D eigenvalue weighted by atomic mass is 10.2. The Bertz CT molecular complexity index is 781. The van der Waals surface area contributed by atoms with Crippen LogP contribution in [0.4, 0.5) is 0 Å². The number of pyridine rings is 1. The van der Waals surface area contributed by atoms with Gasteiger partial charge < -0.3 is 5.11 Å². The maximum Gasteiger partial charge on any atom is 0.126 e. The predicted molar refractivity (Wildman–Crippen MR) is 73.9 cm³/mol. The lowest BCUT2D eigenvalue weighted by Crippen LogP contribution is -1.86. The number of hydrogen-bond donors (Lipinski definition) is 1. The molecule has 0 amide bonds. The molecule has 0 unspecified atom stereocenters. The van der Waals surface area contributed by atoms with Gasteiger partial charge in [0.2, 0.25) is 0 Å². The van der Waals surface area contributed by atoms with E-state index in [2.05, 4.69) is 9.97 Å². The fraction of sp³-hybridized carbons (Fsp3) is 0.143. The van der Waals surface area contributed by atoms with Crippen molar-refractivity contribution < 1.29 is 9.22 Å². The molecule has 0 fully saturated rings. The summed E-state index contributed by atoms with van der Waals surface area (Å²) in [6, 6.07) is 8.58. The Morgan fingerprint density at radius 1 is 1.33 bits per heavy atom. The van der Waals surface area contributed by atoms with Gasteiger partial charge in [0, 0.05) is 21.6 Å². The molecule has 0 aliphatic carbocycles. The number of aromatic hydroxyl groups is 1. The monoisotopic (exact) mass is 262 g/mol. The number of aryl methyl sites for hydroxylation is 1. The molecule has 0 aliphatic rings. The minimum atomic E-state index is -2.01. The van der Waals surface area contributed by atoms with Gasteiger partial charge in [-0.15, -0.1) is 11.3 Å². The molecular weight excluding hydrogens is 244 g/mol. The van der Waals surface area contributed by atoms with Gasteiger partial charge in [-0.05, 0) is 36.8 Å². The second kappa shape index (κ2) is 4.38. The van der Waals surface area contributed by atoms with E-state index in [1.165, 1.54) is 11.3 Å². The summed E-state index contributed by atoms with van der Waals surface area (Å²) in [7, 11) is 0. The number of aromatic nitrogens is 2. The molecule has 3 rings (SSSR count). The summed E-state index contributed by atoms with van der Waals surface area (Å²) in [6.45, 7) is -2.01. The Kier molecular flexibility index (Phi) is 2.00. The van der Waals surface area contributed by atoms with Crippen molar-refractivity contribution in [3.63, 3.8) is 0 Å². The highest BCUT2D eigenvalue weighted by Crippen LogP contribution is 2.31. The standard InChI is InChI=1S/C14H12N2OS/c1-2-10-4-3-9(8-15-10)14-16-12-6-5-11(17)7-13(12)18-14/h3-8,17H,2H2,1H3/i1T3. The fourth-order valence-electron chi connectivity index (χ4n) is 1.69. The Morgan fingerprint density at radius 2 is 2.28 bits per heavy atom. The number of hydrogen-bond acceptors (Lipinski definition) is 4. The molecule has 0 radical (unpaired) electrons. The molecule has 1 N–H and O–H groups in total. The number of fused-ring (bicyclic) bond motifs is 1. The van der Waals surface area contributed by atoms with E-state index in [1.807, 2.05) is 6.07 Å². The lowest BCUT2D eigenvalue weighted by Gasteiger charge is -1.97. The van der Waals surface area contributed by atoms with Crippen LogP contribution in [0.2, 0.25) is 0 Å². The van der Waals surface area contributed by atoms with Gasteiger partial charge in [-0.25, -0.2) is 4.98 Å². The van der Waals surface area contributed by atoms with E-state index in [-0.39, 0.29) is 12.2 Å². The van der Waals surface area contributed by atoms with Crippen LogP contribution in [0, 0.1) is 0 Å². The van der Waals surface area contributed by atoms with Gasteiger partial charge in [-0.3, -0.25) is 4.98 Å². The first-order chi connectivity index (χ1) is 9.90. The number of nitrogens with zero attached hydrogens (tertiary/aromatic N) is 2. The summed E-state index contributed by atoms with van der Waals surface area (Å²) >= 11 is 1.46. The maximum absolute atomic E-state index is 9.47. The highest BCUT2D eigenvalue weighted by atomic mass is 32.1. The molecule has 3 nitrogen and oxygen atoms in total. The van der Waals surface area contributed by atoms with Crippen molar-refractivity contribution in [2.75, 3.05) is 0 Å². The third-order valence-electron chi connectivity index (χ3n) is 2.62. The van der Waals surface area contributed by atoms with Crippen molar-refractivity contribution in [3.05, 3.63) is 42.2 Å². The number of rotatable bonds is 2. The smallest absolute Gasteiger partial charge is 0.126 e. The summed E-state index contributed by atoms with van der Waals surface area (Å²) in [5, 5.41) is 10.3. The molecule has 0 saturated carbocycles. The number of benzene rings is 1. The van der Waals surface area contributed by atoms with Crippen molar-refractivity contribution in [1.82, 2.24) is 9.97 Å². The quantitative estimate of drug-likeness (QED) is 0.767. The molecule has 2 aromatic heterocycles. The first-order valence-electron chi connectivity index (χ1n) is 6.96. The third-order valence-corrected chi connectivity index (χ3v) is 3.69. The Morgan fingerprint density at radius 3 is 3.06 bits per heavy atom. The summed E-state index contributed by atoms with van der Waals surface area (Å²) in [6.07, 6.45) is 1.60. The van der Waals surface area contributed by atoms with Crippen molar-refractivity contribution in [2.45, 2.75) is 13.3 Å². The van der Waals surface area contributed by atoms with E-state index in [9.17, 15) is 5.11 Å². The van der Waals surface area contributed by atoms with E-state index < -0.39 is 6.85 Å². The van der Waals surface area contributed by atoms with E-state index in [0.717, 1.165) is 20.8 Å². The zero-order valence-electron chi connectivity index (χ0n) is 12.4. The third kappa shape index (κ3) is 1.95. The topological polar surface area (TPSA) is 46.0 Å². The van der Waals surface area contributed by atoms with Crippen LogP contribution < -0.4 is 0 Å². The van der Waals surface area contributed by atoms with Gasteiger partial charge in [0.05, 0.1) is 10.2 Å². The van der Waals surface area contributed by atoms with Crippen LogP contribution in [0.5, 0.6) is 5.75 Å². The van der Waals surface area contributed by atoms with Gasteiger partial charge in [0.15, 0.2) is 0 Å². The normalized spacial score (nSPS) is 14.1. The van der Waals surface area contributed by atoms with Gasteiger partial charge in [0.1, 0.15) is 10.8 Å². The highest BCUT2D eigenvalue weighted by Gasteiger charge is 2.07. The largest absolute Gasteiger partial charge is 0.508 e. The Labute approximate surface area is 113 Å². The Balaban J connectivity index is 1.91. The van der Waals surface area contributed by atoms with Crippen molar-refractivity contribution in [3.8, 4) is 16.3 Å². The van der Waals surface area contributed by atoms with E-state index in [4.69, 9.17) is 4.11 Å². The minimum Gasteiger partial charge on any atom is -0.508 e. The van der Waals surface area contributed by atoms with Crippen LogP contribution in [0.15, 0.2) is 36.5 Å². The molecule has 0 bridgehead atoms. The average molecular weight is 262 g/mol. The zero-order valence-corrected chi connectivity index (χ0v) is 10.2. The van der Waals surface area contributed by atoms with Crippen molar-refractivity contribution in [1.29, 1.82) is 0 Å². The molecule has 90 valence electrons. The van der Waals surface area contributed by atoms with Gasteiger partial charge in [0.25, 0.3) is 0 Å². The van der Waals surface area contributed by atoms with Gasteiger partial charge in [-0.1, -0.05) is 6.85 Å². The maximum atomic E-state index is 9.47. The number of thiazole rings is 1. The van der Waals surface area contributed by atoms with Crippen molar-refractivity contribution in [2.24, 2.45) is 0 Å². The molecule has 1 aromatic carbocycles.